The standard InChI is InChI=1S/C15H19BrN2O2/c1-4-13-9-15(20,11-5-7-12(16)8-6-11)18(17-13)14(19)10(2)3/h5-8,10,20H,4,9H2,1-3H3/t15-/m0/s1. The highest BCUT2D eigenvalue weighted by atomic mass is 79.9. The number of aliphatic hydroxyl groups is 1. The minimum Gasteiger partial charge on any atom is -0.365 e. The van der Waals surface area contributed by atoms with E-state index in [0.717, 1.165) is 16.6 Å². The highest BCUT2D eigenvalue weighted by Crippen LogP contribution is 2.37. The summed E-state index contributed by atoms with van der Waals surface area (Å²) in [6.07, 6.45) is 1.09. The Bertz CT molecular complexity index is 539. The molecule has 0 aliphatic carbocycles. The van der Waals surface area contributed by atoms with E-state index in [-0.39, 0.29) is 11.8 Å². The summed E-state index contributed by atoms with van der Waals surface area (Å²) in [6, 6.07) is 7.35. The summed E-state index contributed by atoms with van der Waals surface area (Å²) in [5.41, 5.74) is 0.152. The normalized spacial score (nSPS) is 22.3. The first kappa shape index (κ1) is 15.2. The number of carbonyl (C=O) groups is 1. The summed E-state index contributed by atoms with van der Waals surface area (Å²) in [5.74, 6) is -0.379. The van der Waals surface area contributed by atoms with Gasteiger partial charge in [-0.2, -0.15) is 10.1 Å². The molecule has 20 heavy (non-hydrogen) atoms. The molecular formula is C15H19BrN2O2. The van der Waals surface area contributed by atoms with E-state index in [4.69, 9.17) is 0 Å². The number of amides is 1. The molecule has 2 rings (SSSR count). The Balaban J connectivity index is 2.42. The molecule has 0 saturated carbocycles. The number of nitrogens with zero attached hydrogens (tertiary/aromatic N) is 2. The predicted octanol–water partition coefficient (Wildman–Crippen LogP) is 3.25. The minimum absolute atomic E-state index is 0.168. The monoisotopic (exact) mass is 338 g/mol. The van der Waals surface area contributed by atoms with Crippen LogP contribution in [0.15, 0.2) is 33.8 Å². The van der Waals surface area contributed by atoms with E-state index in [2.05, 4.69) is 21.0 Å². The lowest BCUT2D eigenvalue weighted by Crippen LogP contribution is -2.45. The molecule has 1 aromatic rings. The van der Waals surface area contributed by atoms with E-state index in [9.17, 15) is 9.90 Å². The first-order valence-electron chi connectivity index (χ1n) is 6.77. The van der Waals surface area contributed by atoms with Gasteiger partial charge in [-0.05, 0) is 18.6 Å². The summed E-state index contributed by atoms with van der Waals surface area (Å²) in [5, 5.41) is 16.6. The van der Waals surface area contributed by atoms with E-state index in [1.54, 1.807) is 0 Å². The van der Waals surface area contributed by atoms with Crippen LogP contribution in [-0.2, 0) is 10.5 Å². The molecule has 1 heterocycles. The van der Waals surface area contributed by atoms with E-state index in [0.29, 0.717) is 12.0 Å². The maximum Gasteiger partial charge on any atom is 0.248 e. The number of hydrogen-bond acceptors (Lipinski definition) is 3. The van der Waals surface area contributed by atoms with Gasteiger partial charge in [0, 0.05) is 28.1 Å². The molecule has 1 aliphatic heterocycles. The van der Waals surface area contributed by atoms with E-state index in [1.807, 2.05) is 45.0 Å². The van der Waals surface area contributed by atoms with Crippen LogP contribution in [0, 0.1) is 5.92 Å². The van der Waals surface area contributed by atoms with Crippen molar-refractivity contribution in [3.8, 4) is 0 Å². The number of rotatable bonds is 3. The number of carbonyl (C=O) groups excluding carboxylic acids is 1. The fraction of sp³-hybridized carbons (Fsp3) is 0.467. The number of benzene rings is 1. The van der Waals surface area contributed by atoms with Crippen molar-refractivity contribution in [1.29, 1.82) is 0 Å². The Labute approximate surface area is 127 Å². The maximum absolute atomic E-state index is 12.3. The zero-order chi connectivity index (χ0) is 14.9. The Morgan fingerprint density at radius 2 is 2.05 bits per heavy atom. The Morgan fingerprint density at radius 3 is 2.55 bits per heavy atom. The molecule has 0 spiro atoms. The Hall–Kier alpha value is -1.20. The molecular weight excluding hydrogens is 320 g/mol. The van der Waals surface area contributed by atoms with Crippen molar-refractivity contribution in [3.63, 3.8) is 0 Å². The lowest BCUT2D eigenvalue weighted by Gasteiger charge is -2.32. The fourth-order valence-electron chi connectivity index (χ4n) is 2.23. The molecule has 108 valence electrons. The second kappa shape index (κ2) is 5.66. The van der Waals surface area contributed by atoms with Crippen molar-refractivity contribution in [3.05, 3.63) is 34.3 Å². The van der Waals surface area contributed by atoms with Crippen LogP contribution in [0.4, 0.5) is 0 Å². The lowest BCUT2D eigenvalue weighted by molar-refractivity contribution is -0.161. The van der Waals surface area contributed by atoms with Gasteiger partial charge in [-0.3, -0.25) is 4.79 Å². The van der Waals surface area contributed by atoms with Gasteiger partial charge in [0.25, 0.3) is 0 Å². The van der Waals surface area contributed by atoms with Gasteiger partial charge in [0.15, 0.2) is 5.72 Å². The third kappa shape index (κ3) is 2.65. The van der Waals surface area contributed by atoms with E-state index >= 15 is 0 Å². The molecule has 0 bridgehead atoms. The molecule has 1 aliphatic rings. The van der Waals surface area contributed by atoms with Crippen molar-refractivity contribution in [2.24, 2.45) is 11.0 Å². The molecule has 0 aromatic heterocycles. The molecule has 0 fully saturated rings. The highest BCUT2D eigenvalue weighted by molar-refractivity contribution is 9.10. The summed E-state index contributed by atoms with van der Waals surface area (Å²) in [7, 11) is 0. The van der Waals surface area contributed by atoms with Gasteiger partial charge < -0.3 is 5.11 Å². The number of hydrogen-bond donors (Lipinski definition) is 1. The molecule has 1 amide bonds. The quantitative estimate of drug-likeness (QED) is 0.919. The van der Waals surface area contributed by atoms with Gasteiger partial charge in [-0.15, -0.1) is 0 Å². The molecule has 1 N–H and O–H groups in total. The smallest absolute Gasteiger partial charge is 0.248 e. The van der Waals surface area contributed by atoms with Crippen LogP contribution < -0.4 is 0 Å². The predicted molar refractivity (Wildman–Crippen MR) is 82.1 cm³/mol. The average Bonchev–Trinajstić information content (AvgIpc) is 2.77. The Morgan fingerprint density at radius 1 is 1.45 bits per heavy atom. The molecule has 1 aromatic carbocycles. The SMILES string of the molecule is CCC1=NN(C(=O)C(C)C)[C@@](O)(c2ccc(Br)cc2)C1. The number of halogens is 1. The highest BCUT2D eigenvalue weighted by Gasteiger charge is 2.45. The van der Waals surface area contributed by atoms with Crippen molar-refractivity contribution in [2.75, 3.05) is 0 Å². The summed E-state index contributed by atoms with van der Waals surface area (Å²) in [4.78, 5) is 12.3. The minimum atomic E-state index is -1.37. The van der Waals surface area contributed by atoms with Crippen molar-refractivity contribution < 1.29 is 9.90 Å². The second-order valence-corrected chi connectivity index (χ2v) is 6.24. The topological polar surface area (TPSA) is 52.9 Å². The van der Waals surface area contributed by atoms with Crippen LogP contribution >= 0.6 is 15.9 Å². The summed E-state index contributed by atoms with van der Waals surface area (Å²) >= 11 is 3.37. The Kier molecular flexibility index (Phi) is 4.30. The fourth-order valence-corrected chi connectivity index (χ4v) is 2.50. The van der Waals surface area contributed by atoms with Crippen LogP contribution in [0.2, 0.25) is 0 Å². The second-order valence-electron chi connectivity index (χ2n) is 5.32. The van der Waals surface area contributed by atoms with Crippen LogP contribution in [0.5, 0.6) is 0 Å². The van der Waals surface area contributed by atoms with Crippen molar-refractivity contribution >= 4 is 27.5 Å². The van der Waals surface area contributed by atoms with Crippen molar-refractivity contribution in [2.45, 2.75) is 39.3 Å². The third-order valence-corrected chi connectivity index (χ3v) is 3.99. The molecule has 0 saturated heterocycles. The van der Waals surface area contributed by atoms with Gasteiger partial charge in [0.05, 0.1) is 0 Å². The summed E-state index contributed by atoms with van der Waals surface area (Å²) < 4.78 is 0.932. The van der Waals surface area contributed by atoms with Gasteiger partial charge in [-0.25, -0.2) is 0 Å². The number of hydrazone groups is 1. The molecule has 1 atom stereocenters. The van der Waals surface area contributed by atoms with Crippen LogP contribution in [0.25, 0.3) is 0 Å². The summed E-state index contributed by atoms with van der Waals surface area (Å²) in [6.45, 7) is 5.60. The molecule has 5 heteroatoms. The van der Waals surface area contributed by atoms with E-state index in [1.165, 1.54) is 5.01 Å². The maximum atomic E-state index is 12.3. The van der Waals surface area contributed by atoms with Crippen LogP contribution in [0.3, 0.4) is 0 Å². The third-order valence-electron chi connectivity index (χ3n) is 3.46. The van der Waals surface area contributed by atoms with Crippen molar-refractivity contribution in [1.82, 2.24) is 5.01 Å². The molecule has 4 nitrogen and oxygen atoms in total. The van der Waals surface area contributed by atoms with Gasteiger partial charge in [0.2, 0.25) is 5.91 Å². The van der Waals surface area contributed by atoms with Gasteiger partial charge in [0.1, 0.15) is 0 Å². The first-order valence-corrected chi connectivity index (χ1v) is 7.56. The van der Waals surface area contributed by atoms with Crippen LogP contribution in [0.1, 0.15) is 39.2 Å². The first-order chi connectivity index (χ1) is 9.38. The van der Waals surface area contributed by atoms with E-state index < -0.39 is 5.72 Å². The molecule has 0 radical (unpaired) electrons. The average molecular weight is 339 g/mol. The van der Waals surface area contributed by atoms with Crippen LogP contribution in [-0.4, -0.2) is 21.7 Å². The lowest BCUT2D eigenvalue weighted by atomic mass is 9.96. The zero-order valence-corrected chi connectivity index (χ0v) is 13.5. The molecule has 0 unspecified atom stereocenters. The zero-order valence-electron chi connectivity index (χ0n) is 11.9. The largest absolute Gasteiger partial charge is 0.365 e. The van der Waals surface area contributed by atoms with Gasteiger partial charge in [-0.1, -0.05) is 48.8 Å². The van der Waals surface area contributed by atoms with Gasteiger partial charge >= 0.3 is 0 Å².